The van der Waals surface area contributed by atoms with Gasteiger partial charge < -0.3 is 4.74 Å². The van der Waals surface area contributed by atoms with Crippen molar-refractivity contribution in [2.24, 2.45) is 0 Å². The molecular weight excluding hydrogens is 233 g/mol. The molecular formula is C14H18FNO2. The summed E-state index contributed by atoms with van der Waals surface area (Å²) in [6.07, 6.45) is 1.18. The van der Waals surface area contributed by atoms with Gasteiger partial charge in [0.2, 0.25) is 0 Å². The number of morpholine rings is 1. The van der Waals surface area contributed by atoms with Gasteiger partial charge in [0.05, 0.1) is 19.3 Å². The highest BCUT2D eigenvalue weighted by Gasteiger charge is 2.21. The zero-order valence-corrected chi connectivity index (χ0v) is 10.6. The molecule has 0 aromatic heterocycles. The molecule has 1 aliphatic heterocycles. The van der Waals surface area contributed by atoms with E-state index in [1.54, 1.807) is 0 Å². The van der Waals surface area contributed by atoms with Crippen LogP contribution in [0, 0.1) is 5.82 Å². The summed E-state index contributed by atoms with van der Waals surface area (Å²) in [4.78, 5) is 14.1. The van der Waals surface area contributed by atoms with Crippen LogP contribution >= 0.6 is 0 Å². The molecule has 0 spiro atoms. The van der Waals surface area contributed by atoms with Gasteiger partial charge in [-0.3, -0.25) is 9.69 Å². The van der Waals surface area contributed by atoms with Crippen LogP contribution in [0.4, 0.5) is 4.39 Å². The first-order valence-electron chi connectivity index (χ1n) is 6.31. The average molecular weight is 251 g/mol. The summed E-state index contributed by atoms with van der Waals surface area (Å²) in [5, 5.41) is 0. The number of carbonyl (C=O) groups excluding carboxylic acids is 1. The zero-order chi connectivity index (χ0) is 13.0. The van der Waals surface area contributed by atoms with Crippen molar-refractivity contribution in [2.75, 3.05) is 26.2 Å². The molecule has 1 unspecified atom stereocenters. The Balaban J connectivity index is 1.92. The molecule has 1 atom stereocenters. The Kier molecular flexibility index (Phi) is 4.44. The molecule has 18 heavy (non-hydrogen) atoms. The molecule has 1 heterocycles. The van der Waals surface area contributed by atoms with Crippen molar-refractivity contribution in [3.05, 3.63) is 35.6 Å². The molecule has 2 rings (SSSR count). The van der Waals surface area contributed by atoms with E-state index >= 15 is 0 Å². The van der Waals surface area contributed by atoms with E-state index < -0.39 is 0 Å². The molecule has 1 aliphatic rings. The van der Waals surface area contributed by atoms with Crippen LogP contribution in [0.2, 0.25) is 0 Å². The standard InChI is InChI=1S/C14H18FNO2/c1-2-13-9-16(7-8-18-13)10-14(17)11-3-5-12(15)6-4-11/h3-6,13H,2,7-10H2,1H3. The molecule has 98 valence electrons. The fourth-order valence-electron chi connectivity index (χ4n) is 2.10. The van der Waals surface area contributed by atoms with Crippen LogP contribution in [0.15, 0.2) is 24.3 Å². The monoisotopic (exact) mass is 251 g/mol. The summed E-state index contributed by atoms with van der Waals surface area (Å²) >= 11 is 0. The van der Waals surface area contributed by atoms with Gasteiger partial charge in [0.1, 0.15) is 5.82 Å². The second-order valence-corrected chi connectivity index (χ2v) is 4.57. The first-order chi connectivity index (χ1) is 8.69. The maximum Gasteiger partial charge on any atom is 0.176 e. The number of hydrogen-bond acceptors (Lipinski definition) is 3. The Bertz CT molecular complexity index is 405. The van der Waals surface area contributed by atoms with Gasteiger partial charge in [-0.15, -0.1) is 0 Å². The van der Waals surface area contributed by atoms with Gasteiger partial charge in [-0.05, 0) is 30.7 Å². The summed E-state index contributed by atoms with van der Waals surface area (Å²) in [7, 11) is 0. The third-order valence-corrected chi connectivity index (χ3v) is 3.21. The van der Waals surface area contributed by atoms with Gasteiger partial charge in [0.25, 0.3) is 0 Å². The molecule has 1 saturated heterocycles. The fraction of sp³-hybridized carbons (Fsp3) is 0.500. The number of ether oxygens (including phenoxy) is 1. The number of nitrogens with zero attached hydrogens (tertiary/aromatic N) is 1. The fourth-order valence-corrected chi connectivity index (χ4v) is 2.10. The Hall–Kier alpha value is -1.26. The quantitative estimate of drug-likeness (QED) is 0.768. The lowest BCUT2D eigenvalue weighted by atomic mass is 10.1. The smallest absolute Gasteiger partial charge is 0.176 e. The lowest BCUT2D eigenvalue weighted by Gasteiger charge is -2.31. The molecule has 0 saturated carbocycles. The van der Waals surface area contributed by atoms with Crippen molar-refractivity contribution >= 4 is 5.78 Å². The molecule has 0 amide bonds. The highest BCUT2D eigenvalue weighted by Crippen LogP contribution is 2.10. The summed E-state index contributed by atoms with van der Waals surface area (Å²) in [6, 6.07) is 5.72. The van der Waals surface area contributed by atoms with Crippen LogP contribution < -0.4 is 0 Å². The number of benzene rings is 1. The van der Waals surface area contributed by atoms with Crippen molar-refractivity contribution in [1.82, 2.24) is 4.90 Å². The Morgan fingerprint density at radius 3 is 2.83 bits per heavy atom. The van der Waals surface area contributed by atoms with E-state index in [-0.39, 0.29) is 17.7 Å². The van der Waals surface area contributed by atoms with Crippen molar-refractivity contribution in [2.45, 2.75) is 19.4 Å². The molecule has 1 aromatic carbocycles. The molecule has 3 nitrogen and oxygen atoms in total. The van der Waals surface area contributed by atoms with E-state index in [0.29, 0.717) is 18.7 Å². The van der Waals surface area contributed by atoms with Crippen LogP contribution in [0.1, 0.15) is 23.7 Å². The van der Waals surface area contributed by atoms with E-state index in [0.717, 1.165) is 19.5 Å². The van der Waals surface area contributed by atoms with Crippen molar-refractivity contribution in [1.29, 1.82) is 0 Å². The Labute approximate surface area is 107 Å². The highest BCUT2D eigenvalue weighted by molar-refractivity contribution is 5.97. The molecule has 0 N–H and O–H groups in total. The second-order valence-electron chi connectivity index (χ2n) is 4.57. The number of halogens is 1. The normalized spacial score (nSPS) is 20.9. The van der Waals surface area contributed by atoms with E-state index in [2.05, 4.69) is 11.8 Å². The Morgan fingerprint density at radius 1 is 1.44 bits per heavy atom. The first-order valence-corrected chi connectivity index (χ1v) is 6.31. The van der Waals surface area contributed by atoms with E-state index in [4.69, 9.17) is 4.74 Å². The number of rotatable bonds is 4. The molecule has 0 aliphatic carbocycles. The zero-order valence-electron chi connectivity index (χ0n) is 10.6. The van der Waals surface area contributed by atoms with Gasteiger partial charge in [0.15, 0.2) is 5.78 Å². The average Bonchev–Trinajstić information content (AvgIpc) is 2.39. The third-order valence-electron chi connectivity index (χ3n) is 3.21. The van der Waals surface area contributed by atoms with Gasteiger partial charge in [-0.2, -0.15) is 0 Å². The van der Waals surface area contributed by atoms with E-state index in [1.807, 2.05) is 0 Å². The number of carbonyl (C=O) groups is 1. The van der Waals surface area contributed by atoms with E-state index in [9.17, 15) is 9.18 Å². The Morgan fingerprint density at radius 2 is 2.17 bits per heavy atom. The SMILES string of the molecule is CCC1CN(CC(=O)c2ccc(F)cc2)CCO1. The topological polar surface area (TPSA) is 29.5 Å². The maximum atomic E-state index is 12.8. The first kappa shape index (κ1) is 13.2. The van der Waals surface area contributed by atoms with Crippen LogP contribution in [-0.2, 0) is 4.74 Å². The molecule has 1 aromatic rings. The summed E-state index contributed by atoms with van der Waals surface area (Å²) in [5.41, 5.74) is 0.566. The van der Waals surface area contributed by atoms with Crippen LogP contribution in [0.5, 0.6) is 0 Å². The number of Topliss-reactive ketones (excluding diaryl/α,β-unsaturated/α-hetero) is 1. The number of ketones is 1. The van der Waals surface area contributed by atoms with Gasteiger partial charge in [-0.1, -0.05) is 6.92 Å². The molecule has 4 heteroatoms. The minimum atomic E-state index is -0.316. The lowest BCUT2D eigenvalue weighted by molar-refractivity contribution is -0.0271. The van der Waals surface area contributed by atoms with E-state index in [1.165, 1.54) is 24.3 Å². The van der Waals surface area contributed by atoms with Crippen molar-refractivity contribution in [3.63, 3.8) is 0 Å². The highest BCUT2D eigenvalue weighted by atomic mass is 19.1. The third kappa shape index (κ3) is 3.37. The summed E-state index contributed by atoms with van der Waals surface area (Å²) in [6.45, 7) is 4.71. The lowest BCUT2D eigenvalue weighted by Crippen LogP contribution is -2.44. The van der Waals surface area contributed by atoms with Gasteiger partial charge >= 0.3 is 0 Å². The second kappa shape index (κ2) is 6.07. The van der Waals surface area contributed by atoms with Crippen LogP contribution in [0.25, 0.3) is 0 Å². The van der Waals surface area contributed by atoms with Crippen LogP contribution in [-0.4, -0.2) is 43.0 Å². The molecule has 0 bridgehead atoms. The molecule has 0 radical (unpaired) electrons. The summed E-state index contributed by atoms with van der Waals surface area (Å²) < 4.78 is 18.3. The van der Waals surface area contributed by atoms with Gasteiger partial charge in [-0.25, -0.2) is 4.39 Å². The van der Waals surface area contributed by atoms with Gasteiger partial charge in [0, 0.05) is 18.7 Å². The maximum absolute atomic E-state index is 12.8. The molecule has 1 fully saturated rings. The van der Waals surface area contributed by atoms with Crippen molar-refractivity contribution in [3.8, 4) is 0 Å². The minimum absolute atomic E-state index is 0.0340. The largest absolute Gasteiger partial charge is 0.376 e. The van der Waals surface area contributed by atoms with Crippen molar-refractivity contribution < 1.29 is 13.9 Å². The minimum Gasteiger partial charge on any atom is -0.376 e. The summed E-state index contributed by atoms with van der Waals surface area (Å²) in [5.74, 6) is -0.282. The van der Waals surface area contributed by atoms with Crippen LogP contribution in [0.3, 0.4) is 0 Å². The predicted molar refractivity (Wildman–Crippen MR) is 67.2 cm³/mol. The predicted octanol–water partition coefficient (Wildman–Crippen LogP) is 2.12. The number of hydrogen-bond donors (Lipinski definition) is 0.